The normalized spacial score (nSPS) is 16.1. The van der Waals surface area contributed by atoms with Crippen LogP contribution in [0.25, 0.3) is 0 Å². The van der Waals surface area contributed by atoms with Gasteiger partial charge in [0.2, 0.25) is 0 Å². The van der Waals surface area contributed by atoms with Gasteiger partial charge in [-0.3, -0.25) is 9.59 Å². The van der Waals surface area contributed by atoms with Crippen molar-refractivity contribution in [2.24, 2.45) is 5.92 Å². The molecule has 0 N–H and O–H groups in total. The number of aldehydes is 1. The van der Waals surface area contributed by atoms with Crippen LogP contribution in [0.1, 0.15) is 56.8 Å². The molecule has 1 heterocycles. The van der Waals surface area contributed by atoms with Crippen molar-refractivity contribution >= 4 is 33.9 Å². The van der Waals surface area contributed by atoms with Crippen molar-refractivity contribution in [2.75, 3.05) is 18.0 Å². The Kier molecular flexibility index (Phi) is 6.44. The summed E-state index contributed by atoms with van der Waals surface area (Å²) in [4.78, 5) is 25.4. The number of piperidine rings is 1. The van der Waals surface area contributed by atoms with Crippen molar-refractivity contribution in [3.8, 4) is 0 Å². The van der Waals surface area contributed by atoms with E-state index in [1.54, 1.807) is 0 Å². The van der Waals surface area contributed by atoms with Crippen LogP contribution >= 0.6 is 15.9 Å². The third kappa shape index (κ3) is 5.33. The summed E-state index contributed by atoms with van der Waals surface area (Å²) in [5.74, 6) is 0.431. The average molecular weight is 396 g/mol. The quantitative estimate of drug-likeness (QED) is 0.539. The van der Waals surface area contributed by atoms with Gasteiger partial charge < -0.3 is 9.64 Å². The molecule has 1 aromatic carbocycles. The van der Waals surface area contributed by atoms with E-state index in [2.05, 4.69) is 20.8 Å². The Morgan fingerprint density at radius 1 is 1.33 bits per heavy atom. The van der Waals surface area contributed by atoms with Crippen molar-refractivity contribution in [2.45, 2.75) is 52.1 Å². The van der Waals surface area contributed by atoms with Gasteiger partial charge in [-0.1, -0.05) is 6.07 Å². The second-order valence-electron chi connectivity index (χ2n) is 7.35. The molecule has 0 atom stereocenters. The Balaban J connectivity index is 1.85. The molecule has 0 aromatic heterocycles. The lowest BCUT2D eigenvalue weighted by Gasteiger charge is -2.34. The molecule has 0 saturated carbocycles. The molecular weight excluding hydrogens is 370 g/mol. The maximum absolute atomic E-state index is 11.8. The molecule has 0 unspecified atom stereocenters. The zero-order valence-electron chi connectivity index (χ0n) is 14.7. The van der Waals surface area contributed by atoms with Crippen LogP contribution in [0, 0.1) is 5.92 Å². The summed E-state index contributed by atoms with van der Waals surface area (Å²) in [7, 11) is 0. The highest BCUT2D eigenvalue weighted by molar-refractivity contribution is 9.10. The number of halogens is 1. The number of esters is 1. The maximum Gasteiger partial charge on any atom is 0.306 e. The molecule has 1 aromatic rings. The highest BCUT2D eigenvalue weighted by Gasteiger charge is 2.23. The fourth-order valence-electron chi connectivity index (χ4n) is 3.10. The Morgan fingerprint density at radius 2 is 2.00 bits per heavy atom. The fourth-order valence-corrected chi connectivity index (χ4v) is 3.54. The summed E-state index contributed by atoms with van der Waals surface area (Å²) >= 11 is 3.44. The summed E-state index contributed by atoms with van der Waals surface area (Å²) in [6.07, 6.45) is 4.34. The number of ether oxygens (including phenoxy) is 1. The minimum Gasteiger partial charge on any atom is -0.460 e. The highest BCUT2D eigenvalue weighted by Crippen LogP contribution is 2.31. The van der Waals surface area contributed by atoms with E-state index in [1.807, 2.05) is 39.0 Å². The Morgan fingerprint density at radius 3 is 2.58 bits per heavy atom. The standard InChI is InChI=1S/C19H26BrNO3/c1-19(2,3)24-18(23)8-7-14-9-11-21(12-10-14)17-6-4-5-16(20)15(17)13-22/h4-6,13-14H,7-12H2,1-3H3. The topological polar surface area (TPSA) is 46.6 Å². The second-order valence-corrected chi connectivity index (χ2v) is 8.20. The van der Waals surface area contributed by atoms with E-state index in [0.29, 0.717) is 17.9 Å². The molecule has 24 heavy (non-hydrogen) atoms. The highest BCUT2D eigenvalue weighted by atomic mass is 79.9. The number of hydrogen-bond acceptors (Lipinski definition) is 4. The molecule has 0 radical (unpaired) electrons. The SMILES string of the molecule is CC(C)(C)OC(=O)CCC1CCN(c2cccc(Br)c2C=O)CC1. The molecule has 2 rings (SSSR count). The van der Waals surface area contributed by atoms with E-state index in [0.717, 1.165) is 48.8 Å². The first kappa shape index (κ1) is 19.0. The number of carbonyl (C=O) groups excluding carboxylic acids is 2. The number of anilines is 1. The summed E-state index contributed by atoms with van der Waals surface area (Å²) in [5, 5.41) is 0. The van der Waals surface area contributed by atoms with E-state index in [9.17, 15) is 9.59 Å². The lowest BCUT2D eigenvalue weighted by molar-refractivity contribution is -0.155. The summed E-state index contributed by atoms with van der Waals surface area (Å²) < 4.78 is 6.20. The van der Waals surface area contributed by atoms with E-state index in [4.69, 9.17) is 4.74 Å². The van der Waals surface area contributed by atoms with Crippen LogP contribution in [0.4, 0.5) is 5.69 Å². The summed E-state index contributed by atoms with van der Waals surface area (Å²) in [6.45, 7) is 7.51. The Hall–Kier alpha value is -1.36. The number of hydrogen-bond donors (Lipinski definition) is 0. The molecule has 0 bridgehead atoms. The van der Waals surface area contributed by atoms with Gasteiger partial charge >= 0.3 is 5.97 Å². The third-order valence-corrected chi connectivity index (χ3v) is 4.97. The number of carbonyl (C=O) groups is 2. The molecular formula is C19H26BrNO3. The molecule has 0 spiro atoms. The molecule has 132 valence electrons. The molecule has 1 saturated heterocycles. The van der Waals surface area contributed by atoms with Gasteiger partial charge in [-0.2, -0.15) is 0 Å². The Labute approximate surface area is 152 Å². The summed E-state index contributed by atoms with van der Waals surface area (Å²) in [6, 6.07) is 5.84. The maximum atomic E-state index is 11.8. The van der Waals surface area contributed by atoms with Gasteiger partial charge in [0.25, 0.3) is 0 Å². The molecule has 1 fully saturated rings. The van der Waals surface area contributed by atoms with Gasteiger partial charge in [0, 0.05) is 29.7 Å². The minimum absolute atomic E-state index is 0.111. The molecule has 1 aliphatic rings. The van der Waals surface area contributed by atoms with Crippen LogP contribution in [0.5, 0.6) is 0 Å². The monoisotopic (exact) mass is 395 g/mol. The minimum atomic E-state index is -0.410. The van der Waals surface area contributed by atoms with Gasteiger partial charge in [-0.15, -0.1) is 0 Å². The van der Waals surface area contributed by atoms with E-state index < -0.39 is 5.60 Å². The lowest BCUT2D eigenvalue weighted by atomic mass is 9.91. The van der Waals surface area contributed by atoms with Crippen LogP contribution in [-0.2, 0) is 9.53 Å². The lowest BCUT2D eigenvalue weighted by Crippen LogP contribution is -2.34. The molecule has 0 aliphatic carbocycles. The van der Waals surface area contributed by atoms with Crippen LogP contribution in [0.2, 0.25) is 0 Å². The molecule has 0 amide bonds. The molecule has 5 heteroatoms. The van der Waals surface area contributed by atoms with Crippen LogP contribution in [0.15, 0.2) is 22.7 Å². The van der Waals surface area contributed by atoms with Gasteiger partial charge in [0.05, 0.1) is 5.56 Å². The van der Waals surface area contributed by atoms with Crippen molar-refractivity contribution in [1.29, 1.82) is 0 Å². The van der Waals surface area contributed by atoms with Crippen molar-refractivity contribution in [3.63, 3.8) is 0 Å². The predicted octanol–water partition coefficient (Wildman–Crippen LogP) is 4.60. The van der Waals surface area contributed by atoms with Gasteiger partial charge in [-0.05, 0) is 74.0 Å². The van der Waals surface area contributed by atoms with Gasteiger partial charge in [-0.25, -0.2) is 0 Å². The first-order valence-corrected chi connectivity index (χ1v) is 9.30. The van der Waals surface area contributed by atoms with Crippen molar-refractivity contribution in [3.05, 3.63) is 28.2 Å². The zero-order valence-corrected chi connectivity index (χ0v) is 16.3. The van der Waals surface area contributed by atoms with Crippen LogP contribution < -0.4 is 4.90 Å². The first-order valence-electron chi connectivity index (χ1n) is 8.50. The Bertz CT molecular complexity index is 587. The van der Waals surface area contributed by atoms with Crippen molar-refractivity contribution < 1.29 is 14.3 Å². The smallest absolute Gasteiger partial charge is 0.306 e. The van der Waals surface area contributed by atoms with Crippen LogP contribution in [-0.4, -0.2) is 30.9 Å². The zero-order chi connectivity index (χ0) is 17.7. The van der Waals surface area contributed by atoms with Crippen molar-refractivity contribution in [1.82, 2.24) is 0 Å². The van der Waals surface area contributed by atoms with Crippen LogP contribution in [0.3, 0.4) is 0 Å². The second kappa shape index (κ2) is 8.15. The van der Waals surface area contributed by atoms with E-state index >= 15 is 0 Å². The number of rotatable bonds is 5. The van der Waals surface area contributed by atoms with Gasteiger partial charge in [0.1, 0.15) is 5.60 Å². The average Bonchev–Trinajstić information content (AvgIpc) is 2.51. The number of benzene rings is 1. The fraction of sp³-hybridized carbons (Fsp3) is 0.579. The molecule has 4 nitrogen and oxygen atoms in total. The first-order chi connectivity index (χ1) is 11.3. The van der Waals surface area contributed by atoms with Gasteiger partial charge in [0.15, 0.2) is 6.29 Å². The number of nitrogens with zero attached hydrogens (tertiary/aromatic N) is 1. The third-order valence-electron chi connectivity index (χ3n) is 4.28. The van der Waals surface area contributed by atoms with E-state index in [1.165, 1.54) is 0 Å². The predicted molar refractivity (Wildman–Crippen MR) is 99.5 cm³/mol. The van der Waals surface area contributed by atoms with E-state index in [-0.39, 0.29) is 5.97 Å². The largest absolute Gasteiger partial charge is 0.460 e. The summed E-state index contributed by atoms with van der Waals surface area (Å²) in [5.41, 5.74) is 1.29. The molecule has 1 aliphatic heterocycles.